The van der Waals surface area contributed by atoms with Crippen molar-refractivity contribution in [2.75, 3.05) is 18.8 Å². The zero-order valence-electron chi connectivity index (χ0n) is 12.1. The minimum atomic E-state index is -0.747. The van der Waals surface area contributed by atoms with Gasteiger partial charge in [-0.25, -0.2) is 0 Å². The molecule has 0 bridgehead atoms. The number of carbonyl (C=O) groups excluding carboxylic acids is 1. The van der Waals surface area contributed by atoms with E-state index in [2.05, 4.69) is 0 Å². The summed E-state index contributed by atoms with van der Waals surface area (Å²) < 4.78 is 0. The van der Waals surface area contributed by atoms with Crippen LogP contribution in [0.1, 0.15) is 31.2 Å². The summed E-state index contributed by atoms with van der Waals surface area (Å²) in [5, 5.41) is 8.78. The highest BCUT2D eigenvalue weighted by Gasteiger charge is 2.23. The van der Waals surface area contributed by atoms with Gasteiger partial charge < -0.3 is 15.7 Å². The van der Waals surface area contributed by atoms with Crippen molar-refractivity contribution >= 4 is 17.6 Å². The Balaban J connectivity index is 1.74. The summed E-state index contributed by atoms with van der Waals surface area (Å²) in [7, 11) is 0. The van der Waals surface area contributed by atoms with Gasteiger partial charge in [-0.1, -0.05) is 12.1 Å². The number of carbonyl (C=O) groups is 2. The molecule has 0 atom stereocenters. The highest BCUT2D eigenvalue weighted by molar-refractivity contribution is 5.76. The van der Waals surface area contributed by atoms with E-state index in [9.17, 15) is 9.59 Å². The average Bonchev–Trinajstić information content (AvgIpc) is 2.46. The van der Waals surface area contributed by atoms with Gasteiger partial charge >= 0.3 is 5.97 Å². The Morgan fingerprint density at radius 2 is 1.81 bits per heavy atom. The van der Waals surface area contributed by atoms with E-state index >= 15 is 0 Å². The maximum atomic E-state index is 12.2. The molecule has 1 fully saturated rings. The van der Waals surface area contributed by atoms with Crippen LogP contribution >= 0.6 is 0 Å². The molecule has 0 aromatic heterocycles. The van der Waals surface area contributed by atoms with Gasteiger partial charge in [-0.2, -0.15) is 0 Å². The minimum Gasteiger partial charge on any atom is -0.481 e. The average molecular weight is 290 g/mol. The van der Waals surface area contributed by atoms with Crippen molar-refractivity contribution in [3.05, 3.63) is 29.8 Å². The zero-order chi connectivity index (χ0) is 15.2. The standard InChI is InChI=1S/C16H22N2O3/c17-14-4-1-12(2-5-14)3-6-15(19)18-9-7-13(8-10-18)11-16(20)21/h1-2,4-5,13H,3,6-11,17H2,(H,20,21). The number of carboxylic acids is 1. The molecular formula is C16H22N2O3. The molecule has 114 valence electrons. The molecule has 5 heteroatoms. The smallest absolute Gasteiger partial charge is 0.303 e. The first kappa shape index (κ1) is 15.4. The molecule has 1 aromatic carbocycles. The van der Waals surface area contributed by atoms with Crippen LogP contribution in [0.2, 0.25) is 0 Å². The first-order valence-corrected chi connectivity index (χ1v) is 7.38. The molecule has 0 spiro atoms. The van der Waals surface area contributed by atoms with Gasteiger partial charge in [0.2, 0.25) is 5.91 Å². The van der Waals surface area contributed by atoms with Crippen LogP contribution in [0.25, 0.3) is 0 Å². The monoisotopic (exact) mass is 290 g/mol. The van der Waals surface area contributed by atoms with Gasteiger partial charge in [-0.15, -0.1) is 0 Å². The number of hydrogen-bond donors (Lipinski definition) is 2. The Morgan fingerprint density at radius 1 is 1.19 bits per heavy atom. The summed E-state index contributed by atoms with van der Waals surface area (Å²) in [5.41, 5.74) is 7.47. The van der Waals surface area contributed by atoms with Crippen LogP contribution in [0.4, 0.5) is 5.69 Å². The van der Waals surface area contributed by atoms with Crippen LogP contribution in [-0.4, -0.2) is 35.0 Å². The highest BCUT2D eigenvalue weighted by atomic mass is 16.4. The van der Waals surface area contributed by atoms with Crippen molar-refractivity contribution in [1.29, 1.82) is 0 Å². The van der Waals surface area contributed by atoms with Crippen molar-refractivity contribution in [3.8, 4) is 0 Å². The Hall–Kier alpha value is -2.04. The zero-order valence-corrected chi connectivity index (χ0v) is 12.1. The Kier molecular flexibility index (Phi) is 5.20. The van der Waals surface area contributed by atoms with Crippen LogP contribution in [0, 0.1) is 5.92 Å². The summed E-state index contributed by atoms with van der Waals surface area (Å²) >= 11 is 0. The Bertz CT molecular complexity index is 491. The molecule has 0 unspecified atom stereocenters. The van der Waals surface area contributed by atoms with E-state index in [-0.39, 0.29) is 18.2 Å². The van der Waals surface area contributed by atoms with Crippen LogP contribution in [0.15, 0.2) is 24.3 Å². The number of nitrogens with zero attached hydrogens (tertiary/aromatic N) is 1. The molecule has 1 aliphatic rings. The number of carboxylic acid groups (broad SMARTS) is 1. The van der Waals surface area contributed by atoms with E-state index in [0.717, 1.165) is 24.1 Å². The molecule has 21 heavy (non-hydrogen) atoms. The third-order valence-corrected chi connectivity index (χ3v) is 4.04. The van der Waals surface area contributed by atoms with Gasteiger partial charge in [0.1, 0.15) is 0 Å². The van der Waals surface area contributed by atoms with Crippen molar-refractivity contribution < 1.29 is 14.7 Å². The third-order valence-electron chi connectivity index (χ3n) is 4.04. The van der Waals surface area contributed by atoms with E-state index in [1.807, 2.05) is 29.2 Å². The number of hydrogen-bond acceptors (Lipinski definition) is 3. The van der Waals surface area contributed by atoms with Gasteiger partial charge in [0.15, 0.2) is 0 Å². The first-order chi connectivity index (χ1) is 10.0. The number of aryl methyl sites for hydroxylation is 1. The number of nitrogens with two attached hydrogens (primary N) is 1. The van der Waals surface area contributed by atoms with Gasteiger partial charge in [0.25, 0.3) is 0 Å². The molecule has 0 aliphatic carbocycles. The first-order valence-electron chi connectivity index (χ1n) is 7.38. The van der Waals surface area contributed by atoms with Crippen molar-refractivity contribution in [3.63, 3.8) is 0 Å². The molecule has 3 N–H and O–H groups in total. The van der Waals surface area contributed by atoms with Gasteiger partial charge in [-0.3, -0.25) is 9.59 Å². The third kappa shape index (κ3) is 4.77. The summed E-state index contributed by atoms with van der Waals surface area (Å²) in [5.74, 6) is -0.382. The lowest BCUT2D eigenvalue weighted by molar-refractivity contribution is -0.138. The van der Waals surface area contributed by atoms with Gasteiger partial charge in [0.05, 0.1) is 0 Å². The molecule has 1 aliphatic heterocycles. The molecular weight excluding hydrogens is 268 g/mol. The number of benzene rings is 1. The summed E-state index contributed by atoms with van der Waals surface area (Å²) in [6.07, 6.45) is 3.01. The second-order valence-corrected chi connectivity index (χ2v) is 5.66. The fourth-order valence-corrected chi connectivity index (χ4v) is 2.73. The maximum absolute atomic E-state index is 12.2. The Morgan fingerprint density at radius 3 is 2.38 bits per heavy atom. The summed E-state index contributed by atoms with van der Waals surface area (Å²) in [4.78, 5) is 24.7. The molecule has 1 amide bonds. The Labute approximate surface area is 124 Å². The molecule has 0 radical (unpaired) electrons. The second kappa shape index (κ2) is 7.11. The van der Waals surface area contributed by atoms with Crippen LogP contribution < -0.4 is 5.73 Å². The van der Waals surface area contributed by atoms with E-state index in [1.54, 1.807) is 0 Å². The highest BCUT2D eigenvalue weighted by Crippen LogP contribution is 2.21. The molecule has 2 rings (SSSR count). The van der Waals surface area contributed by atoms with Crippen molar-refractivity contribution in [1.82, 2.24) is 4.90 Å². The topological polar surface area (TPSA) is 83.6 Å². The van der Waals surface area contributed by atoms with E-state index in [4.69, 9.17) is 10.8 Å². The van der Waals surface area contributed by atoms with Crippen molar-refractivity contribution in [2.24, 2.45) is 5.92 Å². The number of likely N-dealkylation sites (tertiary alicyclic amines) is 1. The normalized spacial score (nSPS) is 15.9. The predicted molar refractivity (Wildman–Crippen MR) is 80.7 cm³/mol. The second-order valence-electron chi connectivity index (χ2n) is 5.66. The van der Waals surface area contributed by atoms with E-state index in [0.29, 0.717) is 25.9 Å². The van der Waals surface area contributed by atoms with E-state index < -0.39 is 5.97 Å². The van der Waals surface area contributed by atoms with Gasteiger partial charge in [0, 0.05) is 31.6 Å². The van der Waals surface area contributed by atoms with Crippen molar-refractivity contribution in [2.45, 2.75) is 32.1 Å². The van der Waals surface area contributed by atoms with Crippen LogP contribution in [-0.2, 0) is 16.0 Å². The lowest BCUT2D eigenvalue weighted by Crippen LogP contribution is -2.39. The lowest BCUT2D eigenvalue weighted by atomic mass is 9.93. The fraction of sp³-hybridized carbons (Fsp3) is 0.500. The molecule has 5 nitrogen and oxygen atoms in total. The van der Waals surface area contributed by atoms with E-state index in [1.165, 1.54) is 0 Å². The SMILES string of the molecule is Nc1ccc(CCC(=O)N2CCC(CC(=O)O)CC2)cc1. The molecule has 0 saturated carbocycles. The largest absolute Gasteiger partial charge is 0.481 e. The summed E-state index contributed by atoms with van der Waals surface area (Å²) in [6, 6.07) is 7.58. The quantitative estimate of drug-likeness (QED) is 0.811. The number of anilines is 1. The number of piperidine rings is 1. The number of aliphatic carboxylic acids is 1. The number of rotatable bonds is 5. The number of amides is 1. The van der Waals surface area contributed by atoms with Crippen LogP contribution in [0.5, 0.6) is 0 Å². The predicted octanol–water partition coefficient (Wildman–Crippen LogP) is 1.91. The summed E-state index contributed by atoms with van der Waals surface area (Å²) in [6.45, 7) is 1.36. The maximum Gasteiger partial charge on any atom is 0.303 e. The van der Waals surface area contributed by atoms with Gasteiger partial charge in [-0.05, 0) is 42.9 Å². The van der Waals surface area contributed by atoms with Crippen LogP contribution in [0.3, 0.4) is 0 Å². The minimum absolute atomic E-state index is 0.153. The fourth-order valence-electron chi connectivity index (χ4n) is 2.73. The number of nitrogen functional groups attached to an aromatic ring is 1. The molecule has 1 aromatic rings. The molecule has 1 heterocycles. The lowest BCUT2D eigenvalue weighted by Gasteiger charge is -2.31. The molecule has 1 saturated heterocycles.